The molecule has 3 N–H and O–H groups in total. The minimum atomic E-state index is -0.550. The number of benzene rings is 1. The van der Waals surface area contributed by atoms with Crippen molar-refractivity contribution >= 4 is 11.8 Å². The molecule has 116 valence electrons. The number of aliphatic hydroxyl groups excluding tert-OH is 1. The highest BCUT2D eigenvalue weighted by Crippen LogP contribution is 2.36. The normalized spacial score (nSPS) is 19.9. The van der Waals surface area contributed by atoms with Crippen LogP contribution in [-0.2, 0) is 16.8 Å². The van der Waals surface area contributed by atoms with Crippen LogP contribution in [0.15, 0.2) is 34.9 Å². The van der Waals surface area contributed by atoms with E-state index in [1.807, 2.05) is 18.2 Å². The van der Waals surface area contributed by atoms with E-state index < -0.39 is 5.54 Å². The van der Waals surface area contributed by atoms with Gasteiger partial charge in [0.05, 0.1) is 24.4 Å². The summed E-state index contributed by atoms with van der Waals surface area (Å²) in [5.74, 6) is 0.0996. The van der Waals surface area contributed by atoms with E-state index in [0.717, 1.165) is 18.4 Å². The van der Waals surface area contributed by atoms with Gasteiger partial charge in [0, 0.05) is 6.07 Å². The molecule has 0 fully saturated rings. The minimum absolute atomic E-state index is 0.0429. The molecular formula is C16H19N3O3. The fourth-order valence-corrected chi connectivity index (χ4v) is 2.95. The fourth-order valence-electron chi connectivity index (χ4n) is 2.95. The van der Waals surface area contributed by atoms with Gasteiger partial charge < -0.3 is 9.63 Å². The molecule has 0 aliphatic heterocycles. The Morgan fingerprint density at radius 2 is 2.27 bits per heavy atom. The zero-order chi connectivity index (χ0) is 15.6. The SMILES string of the molecule is Cc1cc(NC(=O)CNC2(CO)CCc3ccccc32)on1. The number of amides is 1. The molecule has 3 rings (SSSR count). The molecule has 0 saturated heterocycles. The van der Waals surface area contributed by atoms with Crippen molar-refractivity contribution in [2.75, 3.05) is 18.5 Å². The first kappa shape index (κ1) is 14.7. The Balaban J connectivity index is 1.66. The van der Waals surface area contributed by atoms with Crippen LogP contribution in [-0.4, -0.2) is 29.3 Å². The fraction of sp³-hybridized carbons (Fsp3) is 0.375. The Kier molecular flexibility index (Phi) is 3.96. The first-order chi connectivity index (χ1) is 10.6. The molecule has 1 aliphatic rings. The number of hydrogen-bond donors (Lipinski definition) is 3. The Labute approximate surface area is 128 Å². The second kappa shape index (κ2) is 5.90. The maximum absolute atomic E-state index is 12.0. The van der Waals surface area contributed by atoms with Gasteiger partial charge in [0.2, 0.25) is 11.8 Å². The predicted molar refractivity (Wildman–Crippen MR) is 81.4 cm³/mol. The van der Waals surface area contributed by atoms with E-state index in [-0.39, 0.29) is 19.1 Å². The monoisotopic (exact) mass is 301 g/mol. The number of fused-ring (bicyclic) bond motifs is 1. The number of hydrogen-bond acceptors (Lipinski definition) is 5. The summed E-state index contributed by atoms with van der Waals surface area (Å²) >= 11 is 0. The van der Waals surface area contributed by atoms with Gasteiger partial charge in [-0.25, -0.2) is 0 Å². The molecule has 2 aromatic rings. The first-order valence-electron chi connectivity index (χ1n) is 7.30. The Morgan fingerprint density at radius 3 is 3.00 bits per heavy atom. The van der Waals surface area contributed by atoms with Gasteiger partial charge in [-0.15, -0.1) is 0 Å². The van der Waals surface area contributed by atoms with Crippen molar-refractivity contribution in [1.29, 1.82) is 0 Å². The van der Waals surface area contributed by atoms with Crippen LogP contribution in [0.4, 0.5) is 5.88 Å². The van der Waals surface area contributed by atoms with E-state index in [4.69, 9.17) is 4.52 Å². The summed E-state index contributed by atoms with van der Waals surface area (Å²) in [5.41, 5.74) is 2.45. The smallest absolute Gasteiger partial charge is 0.240 e. The number of anilines is 1. The highest BCUT2D eigenvalue weighted by molar-refractivity contribution is 5.91. The van der Waals surface area contributed by atoms with E-state index in [2.05, 4.69) is 21.9 Å². The maximum Gasteiger partial charge on any atom is 0.240 e. The Morgan fingerprint density at radius 1 is 1.45 bits per heavy atom. The summed E-state index contributed by atoms with van der Waals surface area (Å²) < 4.78 is 4.96. The summed E-state index contributed by atoms with van der Waals surface area (Å²) in [5, 5.41) is 19.4. The third-order valence-corrected chi connectivity index (χ3v) is 4.10. The first-order valence-corrected chi connectivity index (χ1v) is 7.30. The number of nitrogens with one attached hydrogen (secondary N) is 2. The summed E-state index contributed by atoms with van der Waals surface area (Å²) in [6.07, 6.45) is 1.67. The molecule has 0 radical (unpaired) electrons. The lowest BCUT2D eigenvalue weighted by atomic mass is 9.92. The highest BCUT2D eigenvalue weighted by atomic mass is 16.5. The van der Waals surface area contributed by atoms with Crippen LogP contribution in [0, 0.1) is 6.92 Å². The molecule has 1 unspecified atom stereocenters. The number of carbonyl (C=O) groups excluding carboxylic acids is 1. The molecule has 6 nitrogen and oxygen atoms in total. The topological polar surface area (TPSA) is 87.4 Å². The highest BCUT2D eigenvalue weighted by Gasteiger charge is 2.37. The number of nitrogens with zero attached hydrogens (tertiary/aromatic N) is 1. The van der Waals surface area contributed by atoms with Crippen LogP contribution < -0.4 is 10.6 Å². The molecule has 0 saturated carbocycles. The Bertz CT molecular complexity index is 683. The van der Waals surface area contributed by atoms with Gasteiger partial charge in [0.25, 0.3) is 0 Å². The molecule has 1 aromatic carbocycles. The summed E-state index contributed by atoms with van der Waals surface area (Å²) in [6.45, 7) is 1.83. The van der Waals surface area contributed by atoms with Gasteiger partial charge in [0.15, 0.2) is 0 Å². The van der Waals surface area contributed by atoms with Gasteiger partial charge in [0.1, 0.15) is 0 Å². The largest absolute Gasteiger partial charge is 0.394 e. The van der Waals surface area contributed by atoms with Crippen molar-refractivity contribution in [3.63, 3.8) is 0 Å². The van der Waals surface area contributed by atoms with Gasteiger partial charge in [-0.1, -0.05) is 29.4 Å². The molecule has 1 aromatic heterocycles. The Hall–Kier alpha value is -2.18. The van der Waals surface area contributed by atoms with Crippen molar-refractivity contribution in [2.45, 2.75) is 25.3 Å². The number of carbonyl (C=O) groups is 1. The van der Waals surface area contributed by atoms with E-state index in [9.17, 15) is 9.90 Å². The second-order valence-electron chi connectivity index (χ2n) is 5.63. The van der Waals surface area contributed by atoms with Crippen molar-refractivity contribution in [3.05, 3.63) is 47.2 Å². The molecule has 1 atom stereocenters. The molecule has 6 heteroatoms. The lowest BCUT2D eigenvalue weighted by molar-refractivity contribution is -0.116. The number of aromatic nitrogens is 1. The average Bonchev–Trinajstić information content (AvgIpc) is 3.10. The molecule has 0 bridgehead atoms. The summed E-state index contributed by atoms with van der Waals surface area (Å²) in [7, 11) is 0. The summed E-state index contributed by atoms with van der Waals surface area (Å²) in [6, 6.07) is 9.67. The van der Waals surface area contributed by atoms with Crippen LogP contribution in [0.3, 0.4) is 0 Å². The molecule has 1 aliphatic carbocycles. The van der Waals surface area contributed by atoms with Gasteiger partial charge in [-0.3, -0.25) is 15.4 Å². The molecule has 1 amide bonds. The molecule has 0 spiro atoms. The quantitative estimate of drug-likeness (QED) is 0.776. The molecule has 1 heterocycles. The second-order valence-corrected chi connectivity index (χ2v) is 5.63. The van der Waals surface area contributed by atoms with E-state index >= 15 is 0 Å². The van der Waals surface area contributed by atoms with Gasteiger partial charge in [-0.2, -0.15) is 0 Å². The maximum atomic E-state index is 12.0. The standard InChI is InChI=1S/C16H19N3O3/c1-11-8-15(22-19-11)18-14(21)9-17-16(10-20)7-6-12-4-2-3-5-13(12)16/h2-5,8,17,20H,6-7,9-10H2,1H3,(H,18,21). The lowest BCUT2D eigenvalue weighted by Crippen LogP contribution is -2.47. The van der Waals surface area contributed by atoms with Crippen molar-refractivity contribution < 1.29 is 14.4 Å². The molecular weight excluding hydrogens is 282 g/mol. The number of aryl methyl sites for hydroxylation is 2. The van der Waals surface area contributed by atoms with E-state index in [1.54, 1.807) is 13.0 Å². The van der Waals surface area contributed by atoms with Gasteiger partial charge >= 0.3 is 0 Å². The lowest BCUT2D eigenvalue weighted by Gasteiger charge is -2.29. The van der Waals surface area contributed by atoms with Crippen LogP contribution >= 0.6 is 0 Å². The number of rotatable bonds is 5. The summed E-state index contributed by atoms with van der Waals surface area (Å²) in [4.78, 5) is 12.0. The van der Waals surface area contributed by atoms with E-state index in [1.165, 1.54) is 5.56 Å². The number of aliphatic hydroxyl groups is 1. The average molecular weight is 301 g/mol. The van der Waals surface area contributed by atoms with Crippen molar-refractivity contribution in [3.8, 4) is 0 Å². The third-order valence-electron chi connectivity index (χ3n) is 4.10. The zero-order valence-electron chi connectivity index (χ0n) is 12.4. The van der Waals surface area contributed by atoms with Crippen LogP contribution in [0.25, 0.3) is 0 Å². The van der Waals surface area contributed by atoms with Crippen molar-refractivity contribution in [2.24, 2.45) is 0 Å². The van der Waals surface area contributed by atoms with Crippen LogP contribution in [0.1, 0.15) is 23.2 Å². The predicted octanol–water partition coefficient (Wildman–Crippen LogP) is 1.35. The molecule has 22 heavy (non-hydrogen) atoms. The minimum Gasteiger partial charge on any atom is -0.394 e. The van der Waals surface area contributed by atoms with Crippen LogP contribution in [0.5, 0.6) is 0 Å². The van der Waals surface area contributed by atoms with Crippen molar-refractivity contribution in [1.82, 2.24) is 10.5 Å². The van der Waals surface area contributed by atoms with Gasteiger partial charge in [-0.05, 0) is 30.9 Å². The van der Waals surface area contributed by atoms with E-state index in [0.29, 0.717) is 11.6 Å². The van der Waals surface area contributed by atoms with Crippen LogP contribution in [0.2, 0.25) is 0 Å². The zero-order valence-corrected chi connectivity index (χ0v) is 12.4. The third kappa shape index (κ3) is 2.75.